The van der Waals surface area contributed by atoms with Gasteiger partial charge < -0.3 is 16.0 Å². The number of hydrogen-bond donors (Lipinski definition) is 2. The lowest BCUT2D eigenvalue weighted by molar-refractivity contribution is -0.126. The molecule has 3 atom stereocenters. The maximum Gasteiger partial charge on any atom is 0.227 e. The number of hydrogen-bond acceptors (Lipinski definition) is 3. The lowest BCUT2D eigenvalue weighted by Gasteiger charge is -2.22. The number of rotatable bonds is 5. The van der Waals surface area contributed by atoms with Crippen LogP contribution >= 0.6 is 0 Å². The van der Waals surface area contributed by atoms with Crippen LogP contribution in [0.4, 0.5) is 5.69 Å². The van der Waals surface area contributed by atoms with Crippen LogP contribution in [0.25, 0.3) is 0 Å². The largest absolute Gasteiger partial charge is 0.349 e. The van der Waals surface area contributed by atoms with Crippen molar-refractivity contribution in [3.8, 4) is 0 Å². The molecule has 5 heteroatoms. The van der Waals surface area contributed by atoms with Crippen molar-refractivity contribution < 1.29 is 9.59 Å². The van der Waals surface area contributed by atoms with E-state index in [0.717, 1.165) is 43.5 Å². The highest BCUT2D eigenvalue weighted by atomic mass is 16.2. The van der Waals surface area contributed by atoms with Crippen LogP contribution in [0.2, 0.25) is 0 Å². The first-order valence-corrected chi connectivity index (χ1v) is 9.01. The Labute approximate surface area is 143 Å². The highest BCUT2D eigenvalue weighted by molar-refractivity contribution is 5.95. The first-order valence-electron chi connectivity index (χ1n) is 9.01. The van der Waals surface area contributed by atoms with Crippen molar-refractivity contribution in [2.45, 2.75) is 45.1 Å². The molecule has 0 spiro atoms. The summed E-state index contributed by atoms with van der Waals surface area (Å²) >= 11 is 0. The second-order valence-corrected chi connectivity index (χ2v) is 7.00. The predicted molar refractivity (Wildman–Crippen MR) is 94.5 cm³/mol. The van der Waals surface area contributed by atoms with Crippen LogP contribution in [0.15, 0.2) is 24.3 Å². The van der Waals surface area contributed by atoms with Crippen LogP contribution < -0.4 is 16.0 Å². The van der Waals surface area contributed by atoms with E-state index in [1.807, 2.05) is 36.1 Å². The number of nitrogens with one attached hydrogen (secondary N) is 1. The fourth-order valence-electron chi connectivity index (χ4n) is 3.93. The predicted octanol–water partition coefficient (Wildman–Crippen LogP) is 2.37. The number of nitrogens with two attached hydrogens (primary N) is 1. The molecule has 24 heavy (non-hydrogen) atoms. The molecule has 1 aliphatic carbocycles. The zero-order valence-corrected chi connectivity index (χ0v) is 14.3. The maximum atomic E-state index is 12.5. The number of anilines is 1. The van der Waals surface area contributed by atoms with E-state index in [4.69, 9.17) is 5.73 Å². The average molecular weight is 329 g/mol. The topological polar surface area (TPSA) is 75.4 Å². The number of carbonyl (C=O) groups is 2. The molecule has 1 unspecified atom stereocenters. The number of nitrogens with zero attached hydrogens (tertiary/aromatic N) is 1. The van der Waals surface area contributed by atoms with Gasteiger partial charge in [0.15, 0.2) is 0 Å². The average Bonchev–Trinajstić information content (AvgIpc) is 3.23. The minimum Gasteiger partial charge on any atom is -0.349 e. The van der Waals surface area contributed by atoms with Crippen molar-refractivity contribution in [3.05, 3.63) is 29.8 Å². The third-order valence-electron chi connectivity index (χ3n) is 5.44. The molecule has 1 heterocycles. The van der Waals surface area contributed by atoms with E-state index >= 15 is 0 Å². The molecule has 1 aromatic rings. The summed E-state index contributed by atoms with van der Waals surface area (Å²) in [7, 11) is 0. The summed E-state index contributed by atoms with van der Waals surface area (Å²) in [6.07, 6.45) is 4.65. The molecule has 0 bridgehead atoms. The van der Waals surface area contributed by atoms with Gasteiger partial charge in [-0.2, -0.15) is 0 Å². The van der Waals surface area contributed by atoms with Gasteiger partial charge in [-0.3, -0.25) is 9.59 Å². The normalized spacial score (nSPS) is 25.1. The fourth-order valence-corrected chi connectivity index (χ4v) is 3.93. The van der Waals surface area contributed by atoms with E-state index in [0.29, 0.717) is 18.9 Å². The summed E-state index contributed by atoms with van der Waals surface area (Å²) in [6.45, 7) is 3.39. The van der Waals surface area contributed by atoms with Gasteiger partial charge in [0.2, 0.25) is 11.8 Å². The van der Waals surface area contributed by atoms with E-state index in [2.05, 4.69) is 5.32 Å². The third kappa shape index (κ3) is 3.46. The van der Waals surface area contributed by atoms with Gasteiger partial charge in [-0.05, 0) is 56.3 Å². The maximum absolute atomic E-state index is 12.5. The van der Waals surface area contributed by atoms with Gasteiger partial charge in [0.25, 0.3) is 0 Å². The summed E-state index contributed by atoms with van der Waals surface area (Å²) in [4.78, 5) is 26.1. The van der Waals surface area contributed by atoms with Crippen molar-refractivity contribution >= 4 is 17.5 Å². The van der Waals surface area contributed by atoms with Crippen molar-refractivity contribution in [1.82, 2.24) is 5.32 Å². The Morgan fingerprint density at radius 3 is 2.67 bits per heavy atom. The van der Waals surface area contributed by atoms with Crippen LogP contribution in [0.1, 0.15) is 50.6 Å². The lowest BCUT2D eigenvalue weighted by atomic mass is 9.94. The summed E-state index contributed by atoms with van der Waals surface area (Å²) in [6, 6.07) is 7.90. The quantitative estimate of drug-likeness (QED) is 0.871. The molecule has 130 valence electrons. The molecular weight excluding hydrogens is 302 g/mol. The number of amides is 2. The zero-order chi connectivity index (χ0) is 17.1. The van der Waals surface area contributed by atoms with Crippen LogP contribution in [0.5, 0.6) is 0 Å². The number of carbonyl (C=O) groups excluding carboxylic acids is 2. The van der Waals surface area contributed by atoms with Gasteiger partial charge in [0.05, 0.1) is 6.04 Å². The molecular formula is C19H27N3O2. The van der Waals surface area contributed by atoms with Crippen molar-refractivity contribution in [2.75, 3.05) is 18.0 Å². The molecule has 0 radical (unpaired) electrons. The van der Waals surface area contributed by atoms with E-state index in [-0.39, 0.29) is 23.8 Å². The SMILES string of the molecule is CC(NC(=O)[C@@H]1CCC[C@@H]1CN)c1ccc(N2CCCC2=O)cc1. The van der Waals surface area contributed by atoms with Crippen LogP contribution in [0.3, 0.4) is 0 Å². The molecule has 1 aliphatic heterocycles. The Kier molecular flexibility index (Phi) is 5.19. The molecule has 5 nitrogen and oxygen atoms in total. The second kappa shape index (κ2) is 7.34. The monoisotopic (exact) mass is 329 g/mol. The second-order valence-electron chi connectivity index (χ2n) is 7.00. The van der Waals surface area contributed by atoms with Crippen molar-refractivity contribution in [2.24, 2.45) is 17.6 Å². The Morgan fingerprint density at radius 1 is 1.29 bits per heavy atom. The molecule has 2 fully saturated rings. The molecule has 2 aliphatic rings. The molecule has 3 rings (SSSR count). The fraction of sp³-hybridized carbons (Fsp3) is 0.579. The standard InChI is InChI=1S/C19H27N3O2/c1-13(21-19(24)17-5-2-4-15(17)12-20)14-7-9-16(10-8-14)22-11-3-6-18(22)23/h7-10,13,15,17H,2-6,11-12,20H2,1H3,(H,21,24)/t13?,15-,17-/m1/s1. The Balaban J connectivity index is 1.61. The summed E-state index contributed by atoms with van der Waals surface area (Å²) < 4.78 is 0. The van der Waals surface area contributed by atoms with Crippen LogP contribution in [-0.2, 0) is 9.59 Å². The summed E-state index contributed by atoms with van der Waals surface area (Å²) in [5, 5.41) is 3.13. The van der Waals surface area contributed by atoms with Gasteiger partial charge in [-0.1, -0.05) is 18.6 Å². The zero-order valence-electron chi connectivity index (χ0n) is 14.3. The van der Waals surface area contributed by atoms with Gasteiger partial charge >= 0.3 is 0 Å². The molecule has 3 N–H and O–H groups in total. The molecule has 0 aromatic heterocycles. The molecule has 2 amide bonds. The van der Waals surface area contributed by atoms with Crippen LogP contribution in [0, 0.1) is 11.8 Å². The Bertz CT molecular complexity index is 599. The van der Waals surface area contributed by atoms with E-state index in [1.54, 1.807) is 0 Å². The highest BCUT2D eigenvalue weighted by Crippen LogP contribution is 2.31. The summed E-state index contributed by atoms with van der Waals surface area (Å²) in [5.74, 6) is 0.687. The summed E-state index contributed by atoms with van der Waals surface area (Å²) in [5.41, 5.74) is 7.78. The number of benzene rings is 1. The Morgan fingerprint density at radius 2 is 2.04 bits per heavy atom. The first kappa shape index (κ1) is 17.0. The van der Waals surface area contributed by atoms with Gasteiger partial charge in [-0.15, -0.1) is 0 Å². The smallest absolute Gasteiger partial charge is 0.227 e. The molecule has 1 saturated heterocycles. The van der Waals surface area contributed by atoms with Crippen LogP contribution in [-0.4, -0.2) is 24.9 Å². The molecule has 1 aromatic carbocycles. The highest BCUT2D eigenvalue weighted by Gasteiger charge is 2.32. The van der Waals surface area contributed by atoms with E-state index in [9.17, 15) is 9.59 Å². The van der Waals surface area contributed by atoms with Gasteiger partial charge in [-0.25, -0.2) is 0 Å². The van der Waals surface area contributed by atoms with Gasteiger partial charge in [0, 0.05) is 24.6 Å². The lowest BCUT2D eigenvalue weighted by Crippen LogP contribution is -2.36. The van der Waals surface area contributed by atoms with Crippen molar-refractivity contribution in [1.29, 1.82) is 0 Å². The van der Waals surface area contributed by atoms with E-state index in [1.165, 1.54) is 0 Å². The third-order valence-corrected chi connectivity index (χ3v) is 5.44. The Hall–Kier alpha value is -1.88. The minimum absolute atomic E-state index is 0.0418. The van der Waals surface area contributed by atoms with Crippen molar-refractivity contribution in [3.63, 3.8) is 0 Å². The van der Waals surface area contributed by atoms with Gasteiger partial charge in [0.1, 0.15) is 0 Å². The first-order chi connectivity index (χ1) is 11.6. The molecule has 1 saturated carbocycles. The van der Waals surface area contributed by atoms with E-state index < -0.39 is 0 Å². The minimum atomic E-state index is -0.0418.